The number of likely N-dealkylation sites (tertiary alicyclic amines) is 1. The van der Waals surface area contributed by atoms with Gasteiger partial charge in [-0.15, -0.1) is 0 Å². The number of aliphatic hydroxyl groups is 1. The number of hydrogen-bond acceptors (Lipinski definition) is 3. The van der Waals surface area contributed by atoms with E-state index in [1.54, 1.807) is 0 Å². The van der Waals surface area contributed by atoms with E-state index in [2.05, 4.69) is 23.3 Å². The number of nitrogens with zero attached hydrogens (tertiary/aromatic N) is 3. The minimum absolute atomic E-state index is 0.0316. The SMILES string of the molecule is CC[C@H](CO)C(=O)N1CC2(CC(Cc3cccc4cnn(C)c34)C2)C1. The van der Waals surface area contributed by atoms with E-state index in [9.17, 15) is 9.90 Å². The van der Waals surface area contributed by atoms with E-state index in [0.29, 0.717) is 11.3 Å². The predicted molar refractivity (Wildman–Crippen MR) is 97.0 cm³/mol. The van der Waals surface area contributed by atoms with Crippen LogP contribution in [0.25, 0.3) is 10.9 Å². The molecule has 134 valence electrons. The summed E-state index contributed by atoms with van der Waals surface area (Å²) in [5.41, 5.74) is 2.99. The van der Waals surface area contributed by atoms with Gasteiger partial charge in [-0.05, 0) is 37.2 Å². The first-order valence-electron chi connectivity index (χ1n) is 9.34. The molecule has 2 fully saturated rings. The van der Waals surface area contributed by atoms with Crippen LogP contribution in [-0.4, -0.2) is 45.4 Å². The molecular formula is C20H27N3O2. The molecule has 1 amide bonds. The normalized spacial score (nSPS) is 20.5. The first kappa shape index (κ1) is 16.6. The molecule has 1 aliphatic carbocycles. The topological polar surface area (TPSA) is 58.4 Å². The molecule has 0 radical (unpaired) electrons. The zero-order valence-corrected chi connectivity index (χ0v) is 15.1. The summed E-state index contributed by atoms with van der Waals surface area (Å²) in [6, 6.07) is 6.46. The van der Waals surface area contributed by atoms with Gasteiger partial charge < -0.3 is 10.0 Å². The summed E-state index contributed by atoms with van der Waals surface area (Å²) in [6.07, 6.45) is 6.17. The lowest BCUT2D eigenvalue weighted by atomic mass is 9.56. The molecule has 1 N–H and O–H groups in total. The molecule has 1 saturated heterocycles. The summed E-state index contributed by atoms with van der Waals surface area (Å²) in [4.78, 5) is 14.2. The van der Waals surface area contributed by atoms with Crippen LogP contribution in [0.5, 0.6) is 0 Å². The lowest BCUT2D eigenvalue weighted by Crippen LogP contribution is -2.64. The molecule has 0 unspecified atom stereocenters. The van der Waals surface area contributed by atoms with Gasteiger partial charge in [0.2, 0.25) is 5.91 Å². The van der Waals surface area contributed by atoms with Gasteiger partial charge in [-0.1, -0.05) is 25.1 Å². The largest absolute Gasteiger partial charge is 0.396 e. The molecule has 0 bridgehead atoms. The number of carbonyl (C=O) groups is 1. The summed E-state index contributed by atoms with van der Waals surface area (Å²) < 4.78 is 1.97. The number of rotatable bonds is 5. The number of aliphatic hydroxyl groups excluding tert-OH is 1. The second-order valence-electron chi connectivity index (χ2n) is 8.08. The van der Waals surface area contributed by atoms with Crippen LogP contribution in [0.1, 0.15) is 31.7 Å². The molecule has 2 heterocycles. The first-order valence-corrected chi connectivity index (χ1v) is 9.34. The Morgan fingerprint density at radius 3 is 2.84 bits per heavy atom. The number of hydrogen-bond donors (Lipinski definition) is 1. The van der Waals surface area contributed by atoms with Crippen LogP contribution in [-0.2, 0) is 18.3 Å². The fourth-order valence-electron chi connectivity index (χ4n) is 4.92. The fourth-order valence-corrected chi connectivity index (χ4v) is 4.92. The molecule has 5 heteroatoms. The maximum Gasteiger partial charge on any atom is 0.228 e. The maximum atomic E-state index is 12.3. The van der Waals surface area contributed by atoms with Gasteiger partial charge in [0.05, 0.1) is 24.2 Å². The van der Waals surface area contributed by atoms with Crippen LogP contribution in [0.3, 0.4) is 0 Å². The second-order valence-corrected chi connectivity index (χ2v) is 8.08. The van der Waals surface area contributed by atoms with Crippen LogP contribution in [0.15, 0.2) is 24.4 Å². The second kappa shape index (κ2) is 6.13. The predicted octanol–water partition coefficient (Wildman–Crippen LogP) is 2.37. The summed E-state index contributed by atoms with van der Waals surface area (Å²) in [7, 11) is 2.01. The number of carbonyl (C=O) groups excluding carboxylic acids is 1. The van der Waals surface area contributed by atoms with E-state index in [1.807, 2.05) is 29.7 Å². The smallest absolute Gasteiger partial charge is 0.228 e. The molecule has 2 aromatic rings. The number of para-hydroxylation sites is 1. The van der Waals surface area contributed by atoms with Crippen LogP contribution >= 0.6 is 0 Å². The zero-order chi connectivity index (χ0) is 17.6. The van der Waals surface area contributed by atoms with Crippen molar-refractivity contribution in [3.8, 4) is 0 Å². The lowest BCUT2D eigenvalue weighted by Gasteiger charge is -2.59. The third kappa shape index (κ3) is 2.74. The van der Waals surface area contributed by atoms with E-state index in [0.717, 1.165) is 25.9 Å². The minimum Gasteiger partial charge on any atom is -0.396 e. The van der Waals surface area contributed by atoms with Gasteiger partial charge in [0.1, 0.15) is 0 Å². The monoisotopic (exact) mass is 341 g/mol. The van der Waals surface area contributed by atoms with Gasteiger partial charge in [-0.25, -0.2) is 0 Å². The molecule has 1 aromatic carbocycles. The highest BCUT2D eigenvalue weighted by atomic mass is 16.3. The Kier molecular flexibility index (Phi) is 4.07. The molecule has 4 rings (SSSR count). The number of fused-ring (bicyclic) bond motifs is 1. The van der Waals surface area contributed by atoms with Gasteiger partial charge in [0.15, 0.2) is 0 Å². The van der Waals surface area contributed by atoms with Crippen molar-refractivity contribution in [2.24, 2.45) is 24.3 Å². The van der Waals surface area contributed by atoms with E-state index in [-0.39, 0.29) is 18.4 Å². The Balaban J connectivity index is 1.34. The average Bonchev–Trinajstić information content (AvgIpc) is 2.91. The van der Waals surface area contributed by atoms with Crippen molar-refractivity contribution in [1.82, 2.24) is 14.7 Å². The average molecular weight is 341 g/mol. The lowest BCUT2D eigenvalue weighted by molar-refractivity contribution is -0.160. The first-order chi connectivity index (χ1) is 12.0. The highest BCUT2D eigenvalue weighted by molar-refractivity contribution is 5.82. The molecule has 2 aliphatic rings. The fraction of sp³-hybridized carbons (Fsp3) is 0.600. The van der Waals surface area contributed by atoms with Crippen molar-refractivity contribution in [1.29, 1.82) is 0 Å². The van der Waals surface area contributed by atoms with Crippen molar-refractivity contribution in [3.05, 3.63) is 30.0 Å². The number of aromatic nitrogens is 2. The summed E-state index contributed by atoms with van der Waals surface area (Å²) in [5.74, 6) is 0.631. The highest BCUT2D eigenvalue weighted by Crippen LogP contribution is 2.53. The van der Waals surface area contributed by atoms with Crippen molar-refractivity contribution < 1.29 is 9.90 Å². The van der Waals surface area contributed by atoms with Crippen LogP contribution in [0, 0.1) is 17.3 Å². The van der Waals surface area contributed by atoms with Crippen molar-refractivity contribution in [2.45, 2.75) is 32.6 Å². The Labute approximate surface area is 148 Å². The molecule has 5 nitrogen and oxygen atoms in total. The Morgan fingerprint density at radius 2 is 2.16 bits per heavy atom. The third-order valence-electron chi connectivity index (χ3n) is 6.22. The van der Waals surface area contributed by atoms with Gasteiger partial charge in [0, 0.05) is 30.9 Å². The zero-order valence-electron chi connectivity index (χ0n) is 15.1. The number of amides is 1. The summed E-state index contributed by atoms with van der Waals surface area (Å²) in [5, 5.41) is 14.9. The molecule has 25 heavy (non-hydrogen) atoms. The number of benzene rings is 1. The molecular weight excluding hydrogens is 314 g/mol. The van der Waals surface area contributed by atoms with Crippen LogP contribution in [0.2, 0.25) is 0 Å². The molecule has 1 atom stereocenters. The maximum absolute atomic E-state index is 12.3. The molecule has 1 saturated carbocycles. The summed E-state index contributed by atoms with van der Waals surface area (Å²) in [6.45, 7) is 3.70. The van der Waals surface area contributed by atoms with Gasteiger partial charge in [0.25, 0.3) is 0 Å². The van der Waals surface area contributed by atoms with Gasteiger partial charge >= 0.3 is 0 Å². The Bertz CT molecular complexity index is 779. The minimum atomic E-state index is -0.212. The van der Waals surface area contributed by atoms with Crippen molar-refractivity contribution in [2.75, 3.05) is 19.7 Å². The molecule has 1 spiro atoms. The van der Waals surface area contributed by atoms with E-state index >= 15 is 0 Å². The highest BCUT2D eigenvalue weighted by Gasteiger charge is 2.53. The van der Waals surface area contributed by atoms with E-state index in [4.69, 9.17) is 0 Å². The van der Waals surface area contributed by atoms with E-state index < -0.39 is 0 Å². The Hall–Kier alpha value is -1.88. The van der Waals surface area contributed by atoms with Crippen LogP contribution < -0.4 is 0 Å². The molecule has 1 aliphatic heterocycles. The summed E-state index contributed by atoms with van der Waals surface area (Å²) >= 11 is 0. The van der Waals surface area contributed by atoms with Crippen LogP contribution in [0.4, 0.5) is 0 Å². The third-order valence-corrected chi connectivity index (χ3v) is 6.22. The van der Waals surface area contributed by atoms with Crippen molar-refractivity contribution >= 4 is 16.8 Å². The number of aryl methyl sites for hydroxylation is 1. The van der Waals surface area contributed by atoms with Gasteiger partial charge in [-0.3, -0.25) is 9.48 Å². The Morgan fingerprint density at radius 1 is 1.40 bits per heavy atom. The van der Waals surface area contributed by atoms with Crippen molar-refractivity contribution in [3.63, 3.8) is 0 Å². The standard InChI is InChI=1S/C20H27N3O2/c1-3-15(11-24)19(25)23-12-20(13-23)8-14(9-20)7-16-5-4-6-17-10-21-22(2)18(16)17/h4-6,10,14-15,24H,3,7-9,11-13H2,1-2H3/t15-/m1/s1. The van der Waals surface area contributed by atoms with E-state index in [1.165, 1.54) is 29.3 Å². The van der Waals surface area contributed by atoms with Gasteiger partial charge in [-0.2, -0.15) is 5.10 Å². The quantitative estimate of drug-likeness (QED) is 0.908. The molecule has 1 aromatic heterocycles.